The van der Waals surface area contributed by atoms with Crippen molar-refractivity contribution in [2.24, 2.45) is 10.8 Å². The lowest BCUT2D eigenvalue weighted by atomic mass is 9.53. The molecular formula is C42H50N4O4. The summed E-state index contributed by atoms with van der Waals surface area (Å²) < 4.78 is 20.4. The van der Waals surface area contributed by atoms with E-state index in [1.807, 2.05) is 7.11 Å². The molecule has 50 heavy (non-hydrogen) atoms. The van der Waals surface area contributed by atoms with E-state index in [1.54, 1.807) is 7.11 Å². The summed E-state index contributed by atoms with van der Waals surface area (Å²) >= 11 is 0. The molecule has 1 aromatic heterocycles. The largest absolute Gasteiger partial charge is 0.497 e. The zero-order chi connectivity index (χ0) is 34.2. The van der Waals surface area contributed by atoms with E-state index in [4.69, 9.17) is 14.2 Å². The minimum absolute atomic E-state index is 0.0198. The van der Waals surface area contributed by atoms with Gasteiger partial charge in [0.2, 0.25) is 0 Å². The lowest BCUT2D eigenvalue weighted by Crippen LogP contribution is -2.59. The molecule has 7 aliphatic rings. The third-order valence-corrected chi connectivity index (χ3v) is 14.7. The van der Waals surface area contributed by atoms with Crippen molar-refractivity contribution in [2.75, 3.05) is 52.8 Å². The Bertz CT molecular complexity index is 2030. The molecule has 0 radical (unpaired) electrons. The average molecular weight is 675 g/mol. The summed E-state index contributed by atoms with van der Waals surface area (Å²) in [5.41, 5.74) is 9.64. The number of esters is 1. The maximum absolute atomic E-state index is 13.7. The van der Waals surface area contributed by atoms with Crippen molar-refractivity contribution in [1.29, 1.82) is 0 Å². The number of rotatable bonds is 6. The lowest BCUT2D eigenvalue weighted by molar-refractivity contribution is -0.137. The van der Waals surface area contributed by atoms with Crippen molar-refractivity contribution in [3.63, 3.8) is 0 Å². The zero-order valence-electron chi connectivity index (χ0n) is 30.2. The summed E-state index contributed by atoms with van der Waals surface area (Å²) in [5, 5.41) is 5.23. The molecule has 2 fully saturated rings. The molecule has 10 rings (SSSR count). The van der Waals surface area contributed by atoms with Gasteiger partial charge >= 0.3 is 5.97 Å². The molecule has 0 saturated carbocycles. The summed E-state index contributed by atoms with van der Waals surface area (Å²) in [6.45, 7) is 9.00. The molecule has 1 N–H and O–H groups in total. The van der Waals surface area contributed by atoms with Crippen LogP contribution >= 0.6 is 0 Å². The maximum Gasteiger partial charge on any atom is 0.335 e. The Hall–Kier alpha value is -3.75. The standard InChI is InChI=1S/C42H50N4O4/c1-6-40-13-8-16-44-18-12-27-26-11-10-25(48-3)20-32(26)46(35(27)37(40)44)33(24-40)28-21-30-31(22-34(28)49-4)43-36-29(38(47)50-5)23-41(7-2)14-9-17-45-19-15-42(30,36)39(41)45/h8,10-11,13,20-22,33,37,39,43H,6-7,9,12,14-19,23-24H2,1-5H3/t33-,37-,39+,40+,41+,42+/m1/s1. The van der Waals surface area contributed by atoms with E-state index in [0.29, 0.717) is 12.1 Å². The van der Waals surface area contributed by atoms with Crippen LogP contribution in [0.25, 0.3) is 10.9 Å². The Labute approximate surface area is 295 Å². The van der Waals surface area contributed by atoms with Gasteiger partial charge in [0.15, 0.2) is 0 Å². The Morgan fingerprint density at radius 3 is 2.66 bits per heavy atom. The number of hydrogen-bond donors (Lipinski definition) is 1. The fraction of sp³-hybridized carbons (Fsp3) is 0.548. The third kappa shape index (κ3) is 3.67. The van der Waals surface area contributed by atoms with Gasteiger partial charge in [0.05, 0.1) is 49.9 Å². The van der Waals surface area contributed by atoms with Gasteiger partial charge in [-0.05, 0) is 99.2 Å². The number of carbonyl (C=O) groups is 1. The normalized spacial score (nSPS) is 33.4. The molecule has 1 spiro atoms. The number of hydrogen-bond acceptors (Lipinski definition) is 7. The van der Waals surface area contributed by atoms with Crippen LogP contribution in [0.1, 0.15) is 93.3 Å². The number of nitrogens with one attached hydrogen (secondary N) is 1. The molecule has 0 amide bonds. The van der Waals surface area contributed by atoms with E-state index >= 15 is 0 Å². The molecule has 0 bridgehead atoms. The number of carbonyl (C=O) groups excluding carboxylic acids is 1. The van der Waals surface area contributed by atoms with Gasteiger partial charge in [-0.1, -0.05) is 26.0 Å². The second-order valence-corrected chi connectivity index (χ2v) is 16.2. The van der Waals surface area contributed by atoms with Gasteiger partial charge in [0, 0.05) is 64.7 Å². The van der Waals surface area contributed by atoms with Gasteiger partial charge in [0.1, 0.15) is 11.5 Å². The monoisotopic (exact) mass is 674 g/mol. The van der Waals surface area contributed by atoms with Crippen LogP contribution in [0, 0.1) is 10.8 Å². The van der Waals surface area contributed by atoms with E-state index in [-0.39, 0.29) is 28.3 Å². The Morgan fingerprint density at radius 2 is 1.88 bits per heavy atom. The van der Waals surface area contributed by atoms with Crippen LogP contribution in [0.3, 0.4) is 0 Å². The SMILES string of the molecule is CC[C@]12C=CCN3CCc4c(n(c5cc(OC)ccc45)[C@@H](c4cc5c(cc4OC)NC4=C(C(=O)OC)C[C@]6(CC)CCCN7CC[C@@]45[C@@H]76)C1)[C@@H]32. The van der Waals surface area contributed by atoms with Crippen molar-refractivity contribution < 1.29 is 19.0 Å². The van der Waals surface area contributed by atoms with E-state index in [2.05, 4.69) is 76.0 Å². The fourth-order valence-electron chi connectivity index (χ4n) is 12.7. The molecule has 6 atom stereocenters. The van der Waals surface area contributed by atoms with Gasteiger partial charge in [0.25, 0.3) is 0 Å². The number of anilines is 1. The van der Waals surface area contributed by atoms with Crippen LogP contribution in [-0.2, 0) is 21.4 Å². The molecule has 8 nitrogen and oxygen atoms in total. The third-order valence-electron chi connectivity index (χ3n) is 14.7. The van der Waals surface area contributed by atoms with Crippen molar-refractivity contribution >= 4 is 22.6 Å². The summed E-state index contributed by atoms with van der Waals surface area (Å²) in [6.07, 6.45) is 13.3. The van der Waals surface area contributed by atoms with E-state index in [0.717, 1.165) is 99.6 Å². The smallest absolute Gasteiger partial charge is 0.335 e. The minimum Gasteiger partial charge on any atom is -0.497 e. The number of ether oxygens (including phenoxy) is 3. The Balaban J connectivity index is 1.25. The maximum atomic E-state index is 13.7. The van der Waals surface area contributed by atoms with Crippen LogP contribution in [0.15, 0.2) is 53.8 Å². The zero-order valence-corrected chi connectivity index (χ0v) is 30.2. The van der Waals surface area contributed by atoms with Gasteiger partial charge in [-0.25, -0.2) is 4.79 Å². The van der Waals surface area contributed by atoms with Crippen molar-refractivity contribution in [3.05, 3.63) is 76.1 Å². The Kier molecular flexibility index (Phi) is 6.60. The van der Waals surface area contributed by atoms with Gasteiger partial charge in [-0.15, -0.1) is 0 Å². The number of piperidine rings is 1. The van der Waals surface area contributed by atoms with Crippen LogP contribution in [0.5, 0.6) is 11.5 Å². The number of fused-ring (bicyclic) bond motifs is 4. The second kappa shape index (κ2) is 10.6. The summed E-state index contributed by atoms with van der Waals surface area (Å²) in [7, 11) is 5.13. The van der Waals surface area contributed by atoms with Crippen molar-refractivity contribution in [2.45, 2.75) is 88.8 Å². The lowest BCUT2D eigenvalue weighted by Gasteiger charge is -2.56. The highest BCUT2D eigenvalue weighted by atomic mass is 16.5. The van der Waals surface area contributed by atoms with Crippen LogP contribution in [0.2, 0.25) is 0 Å². The van der Waals surface area contributed by atoms with Gasteiger partial charge < -0.3 is 24.1 Å². The molecule has 8 heteroatoms. The number of benzene rings is 2. The average Bonchev–Trinajstić information content (AvgIpc) is 3.83. The predicted octanol–water partition coefficient (Wildman–Crippen LogP) is 7.28. The molecule has 6 aliphatic heterocycles. The molecule has 7 heterocycles. The van der Waals surface area contributed by atoms with Crippen LogP contribution in [0.4, 0.5) is 5.69 Å². The molecule has 1 aliphatic carbocycles. The topological polar surface area (TPSA) is 68.2 Å². The number of methoxy groups -OCH3 is 3. The van der Waals surface area contributed by atoms with Crippen LogP contribution < -0.4 is 14.8 Å². The molecular weight excluding hydrogens is 624 g/mol. The first-order valence-electron chi connectivity index (χ1n) is 19.0. The minimum atomic E-state index is -0.281. The first-order chi connectivity index (χ1) is 24.4. The van der Waals surface area contributed by atoms with Gasteiger partial charge in [-0.3, -0.25) is 9.80 Å². The first-order valence-corrected chi connectivity index (χ1v) is 19.0. The van der Waals surface area contributed by atoms with E-state index < -0.39 is 0 Å². The second-order valence-electron chi connectivity index (χ2n) is 16.2. The highest BCUT2D eigenvalue weighted by Gasteiger charge is 2.66. The highest BCUT2D eigenvalue weighted by Crippen LogP contribution is 2.67. The number of nitrogens with zero attached hydrogens (tertiary/aromatic N) is 3. The number of aromatic nitrogens is 1. The van der Waals surface area contributed by atoms with Gasteiger partial charge in [-0.2, -0.15) is 0 Å². The molecule has 2 saturated heterocycles. The molecule has 2 aromatic carbocycles. The summed E-state index contributed by atoms with van der Waals surface area (Å²) in [4.78, 5) is 19.2. The molecule has 262 valence electrons. The highest BCUT2D eigenvalue weighted by molar-refractivity contribution is 5.93. The Morgan fingerprint density at radius 1 is 1.00 bits per heavy atom. The van der Waals surface area contributed by atoms with Crippen molar-refractivity contribution in [1.82, 2.24) is 14.4 Å². The molecule has 0 unspecified atom stereocenters. The van der Waals surface area contributed by atoms with Crippen LogP contribution in [-0.4, -0.2) is 73.9 Å². The quantitative estimate of drug-likeness (QED) is 0.218. The first kappa shape index (κ1) is 31.0. The van der Waals surface area contributed by atoms with Crippen molar-refractivity contribution in [3.8, 4) is 11.5 Å². The summed E-state index contributed by atoms with van der Waals surface area (Å²) in [6, 6.07) is 12.2. The fourth-order valence-corrected chi connectivity index (χ4v) is 12.7. The predicted molar refractivity (Wildman–Crippen MR) is 195 cm³/mol. The summed E-state index contributed by atoms with van der Waals surface area (Å²) in [5.74, 6) is 1.62. The molecule has 3 aromatic rings. The van der Waals surface area contributed by atoms with E-state index in [9.17, 15) is 4.79 Å². The van der Waals surface area contributed by atoms with E-state index in [1.165, 1.54) is 46.8 Å².